The molecule has 1 aliphatic heterocycles. The zero-order valence-corrected chi connectivity index (χ0v) is 15.2. The van der Waals surface area contributed by atoms with Crippen molar-refractivity contribution >= 4 is 28.9 Å². The number of carbonyl (C=O) groups is 1. The van der Waals surface area contributed by atoms with E-state index in [4.69, 9.17) is 11.6 Å². The number of anilines is 1. The molecule has 2 heterocycles. The summed E-state index contributed by atoms with van der Waals surface area (Å²) < 4.78 is 0. The summed E-state index contributed by atoms with van der Waals surface area (Å²) in [7, 11) is 0. The van der Waals surface area contributed by atoms with Crippen molar-refractivity contribution in [3.8, 4) is 0 Å². The van der Waals surface area contributed by atoms with Gasteiger partial charge in [-0.15, -0.1) is 0 Å². The highest BCUT2D eigenvalue weighted by Crippen LogP contribution is 2.21. The van der Waals surface area contributed by atoms with Gasteiger partial charge in [-0.05, 0) is 30.3 Å². The zero-order valence-electron chi connectivity index (χ0n) is 14.4. The van der Waals surface area contributed by atoms with E-state index in [0.717, 1.165) is 11.3 Å². The first kappa shape index (κ1) is 19.0. The second-order valence-corrected chi connectivity index (χ2v) is 6.40. The highest BCUT2D eigenvalue weighted by molar-refractivity contribution is 6.30. The number of nitrogens with zero attached hydrogens (tertiary/aromatic N) is 3. The van der Waals surface area contributed by atoms with Crippen molar-refractivity contribution in [2.75, 3.05) is 24.8 Å². The molecule has 1 aromatic heterocycles. The minimum atomic E-state index is -0.719. The molecule has 0 unspecified atom stereocenters. The van der Waals surface area contributed by atoms with Crippen molar-refractivity contribution in [3.05, 3.63) is 71.0 Å². The molecule has 2 aromatic rings. The molecule has 0 fully saturated rings. The number of aliphatic hydroxyl groups excluding tert-OH is 2. The smallest absolute Gasteiger partial charge is 0.249 e. The maximum atomic E-state index is 12.6. The van der Waals surface area contributed by atoms with Crippen molar-refractivity contribution in [2.45, 2.75) is 6.04 Å². The lowest BCUT2D eigenvalue weighted by atomic mass is 10.0. The number of aromatic nitrogens is 1. The Hall–Kier alpha value is -2.74. The first-order chi connectivity index (χ1) is 13.1. The van der Waals surface area contributed by atoms with E-state index >= 15 is 0 Å². The van der Waals surface area contributed by atoms with Gasteiger partial charge in [0.2, 0.25) is 5.91 Å². The summed E-state index contributed by atoms with van der Waals surface area (Å²) in [6.45, 7) is -0.460. The van der Waals surface area contributed by atoms with Gasteiger partial charge in [-0.25, -0.2) is 0 Å². The summed E-state index contributed by atoms with van der Waals surface area (Å²) in [6, 6.07) is 10.1. The molecule has 7 nitrogen and oxygen atoms in total. The Kier molecular flexibility index (Phi) is 6.18. The average Bonchev–Trinajstić information content (AvgIpc) is 2.72. The van der Waals surface area contributed by atoms with Gasteiger partial charge in [0, 0.05) is 22.4 Å². The van der Waals surface area contributed by atoms with Gasteiger partial charge >= 0.3 is 0 Å². The fourth-order valence-electron chi connectivity index (χ4n) is 2.55. The molecule has 0 spiro atoms. The van der Waals surface area contributed by atoms with Crippen LogP contribution in [0.1, 0.15) is 5.56 Å². The van der Waals surface area contributed by atoms with Crippen LogP contribution in [-0.4, -0.2) is 52.6 Å². The number of rotatable bonds is 6. The second-order valence-electron chi connectivity index (χ2n) is 5.97. The van der Waals surface area contributed by atoms with E-state index in [0.29, 0.717) is 16.3 Å². The van der Waals surface area contributed by atoms with E-state index in [2.05, 4.69) is 15.4 Å². The molecule has 0 saturated carbocycles. The topological polar surface area (TPSA) is 98.0 Å². The molecule has 0 aliphatic carbocycles. The Labute approximate surface area is 161 Å². The Bertz CT molecular complexity index is 849. The SMILES string of the molecule is O=C(NC(CO)CO)C1=CC(c2ccc(Cl)cc2)=NN(c2cccnc2)C1. The van der Waals surface area contributed by atoms with Crippen LogP contribution in [0.4, 0.5) is 5.69 Å². The highest BCUT2D eigenvalue weighted by Gasteiger charge is 2.23. The van der Waals surface area contributed by atoms with Crippen molar-refractivity contribution < 1.29 is 15.0 Å². The molecule has 27 heavy (non-hydrogen) atoms. The number of benzene rings is 1. The van der Waals surface area contributed by atoms with Gasteiger partial charge in [-0.2, -0.15) is 5.10 Å². The molecule has 0 atom stereocenters. The lowest BCUT2D eigenvalue weighted by Crippen LogP contribution is -2.43. The number of hydrogen-bond donors (Lipinski definition) is 3. The van der Waals surface area contributed by atoms with Crippen LogP contribution >= 0.6 is 11.6 Å². The van der Waals surface area contributed by atoms with Crippen molar-refractivity contribution in [3.63, 3.8) is 0 Å². The minimum absolute atomic E-state index is 0.234. The summed E-state index contributed by atoms with van der Waals surface area (Å²) in [5.41, 5.74) is 2.59. The fourth-order valence-corrected chi connectivity index (χ4v) is 2.67. The van der Waals surface area contributed by atoms with Gasteiger partial charge < -0.3 is 15.5 Å². The van der Waals surface area contributed by atoms with E-state index in [-0.39, 0.29) is 25.7 Å². The number of carbonyl (C=O) groups excluding carboxylic acids is 1. The van der Waals surface area contributed by atoms with Crippen LogP contribution < -0.4 is 10.3 Å². The normalized spacial score (nSPS) is 14.0. The largest absolute Gasteiger partial charge is 0.394 e. The van der Waals surface area contributed by atoms with E-state index in [1.807, 2.05) is 18.2 Å². The number of amides is 1. The molecule has 3 rings (SSSR count). The van der Waals surface area contributed by atoms with Crippen LogP contribution in [0.3, 0.4) is 0 Å². The highest BCUT2D eigenvalue weighted by atomic mass is 35.5. The average molecular weight is 387 g/mol. The van der Waals surface area contributed by atoms with Crippen LogP contribution in [0.25, 0.3) is 0 Å². The molecule has 0 radical (unpaired) electrons. The number of hydrogen-bond acceptors (Lipinski definition) is 6. The van der Waals surface area contributed by atoms with Gasteiger partial charge in [0.1, 0.15) is 0 Å². The van der Waals surface area contributed by atoms with Crippen LogP contribution in [0.5, 0.6) is 0 Å². The van der Waals surface area contributed by atoms with E-state index in [1.165, 1.54) is 0 Å². The number of hydrazone groups is 1. The van der Waals surface area contributed by atoms with E-state index in [1.54, 1.807) is 41.7 Å². The van der Waals surface area contributed by atoms with Crippen LogP contribution in [0.15, 0.2) is 65.5 Å². The molecular formula is C19H19ClN4O3. The lowest BCUT2D eigenvalue weighted by Gasteiger charge is -2.26. The van der Waals surface area contributed by atoms with Crippen LogP contribution in [-0.2, 0) is 4.79 Å². The Morgan fingerprint density at radius 3 is 2.59 bits per heavy atom. The number of halogens is 1. The van der Waals surface area contributed by atoms with Crippen LogP contribution in [0, 0.1) is 0 Å². The van der Waals surface area contributed by atoms with E-state index in [9.17, 15) is 15.0 Å². The van der Waals surface area contributed by atoms with Crippen molar-refractivity contribution in [1.29, 1.82) is 0 Å². The molecule has 1 amide bonds. The third-order valence-corrected chi connectivity index (χ3v) is 4.26. The number of pyridine rings is 1. The summed E-state index contributed by atoms with van der Waals surface area (Å²) in [5, 5.41) is 27.9. The zero-order chi connectivity index (χ0) is 19.2. The van der Waals surface area contributed by atoms with Gasteiger partial charge in [0.25, 0.3) is 0 Å². The fraction of sp³-hybridized carbons (Fsp3) is 0.211. The summed E-state index contributed by atoms with van der Waals surface area (Å²) in [4.78, 5) is 16.7. The maximum Gasteiger partial charge on any atom is 0.249 e. The summed E-state index contributed by atoms with van der Waals surface area (Å²) >= 11 is 5.96. The Morgan fingerprint density at radius 2 is 1.96 bits per heavy atom. The molecule has 8 heteroatoms. The molecule has 1 aliphatic rings. The van der Waals surface area contributed by atoms with Gasteiger partial charge in [-0.3, -0.25) is 14.8 Å². The summed E-state index contributed by atoms with van der Waals surface area (Å²) in [6.07, 6.45) is 5.01. The molecule has 1 aromatic carbocycles. The molecule has 140 valence electrons. The lowest BCUT2D eigenvalue weighted by molar-refractivity contribution is -0.118. The van der Waals surface area contributed by atoms with E-state index < -0.39 is 6.04 Å². The number of nitrogens with one attached hydrogen (secondary N) is 1. The second kappa shape index (κ2) is 8.77. The Balaban J connectivity index is 1.94. The molecule has 0 bridgehead atoms. The van der Waals surface area contributed by atoms with Crippen LogP contribution in [0.2, 0.25) is 5.02 Å². The molecular weight excluding hydrogens is 368 g/mol. The van der Waals surface area contributed by atoms with Gasteiger partial charge in [-0.1, -0.05) is 23.7 Å². The first-order valence-electron chi connectivity index (χ1n) is 8.36. The third-order valence-electron chi connectivity index (χ3n) is 4.01. The van der Waals surface area contributed by atoms with Gasteiger partial charge in [0.15, 0.2) is 0 Å². The van der Waals surface area contributed by atoms with Gasteiger partial charge in [0.05, 0.1) is 43.4 Å². The standard InChI is InChI=1S/C19H19ClN4O3/c20-15-5-3-13(4-6-15)18-8-14(19(27)22-16(11-25)12-26)10-24(23-18)17-2-1-7-21-9-17/h1-9,16,25-26H,10-12H2,(H,22,27). The monoisotopic (exact) mass is 386 g/mol. The predicted molar refractivity (Wildman–Crippen MR) is 104 cm³/mol. The Morgan fingerprint density at radius 1 is 1.22 bits per heavy atom. The number of allylic oxidation sites excluding steroid dienone is 1. The third kappa shape index (κ3) is 4.71. The first-order valence-corrected chi connectivity index (χ1v) is 8.73. The quantitative estimate of drug-likeness (QED) is 0.696. The molecule has 0 saturated heterocycles. The van der Waals surface area contributed by atoms with Crippen molar-refractivity contribution in [2.24, 2.45) is 5.10 Å². The maximum absolute atomic E-state index is 12.6. The van der Waals surface area contributed by atoms with Crippen molar-refractivity contribution in [1.82, 2.24) is 10.3 Å². The summed E-state index contributed by atoms with van der Waals surface area (Å²) in [5.74, 6) is -0.377. The predicted octanol–water partition coefficient (Wildman–Crippen LogP) is 1.36. The number of aliphatic hydroxyl groups is 2. The minimum Gasteiger partial charge on any atom is -0.394 e. The molecule has 3 N–H and O–H groups in total.